The third-order valence-corrected chi connectivity index (χ3v) is 7.11. The second-order valence-corrected chi connectivity index (χ2v) is 10.1. The Morgan fingerprint density at radius 2 is 1.00 bits per heavy atom. The quantitative estimate of drug-likeness (QED) is 0.148. The van der Waals surface area contributed by atoms with Crippen LogP contribution in [0.25, 0.3) is 0 Å². The van der Waals surface area contributed by atoms with E-state index in [9.17, 15) is 0 Å². The summed E-state index contributed by atoms with van der Waals surface area (Å²) < 4.78 is 10.6. The van der Waals surface area contributed by atoms with Gasteiger partial charge in [-0.25, -0.2) is 9.97 Å². The van der Waals surface area contributed by atoms with Crippen LogP contribution in [-0.2, 0) is 17.8 Å². The number of hydrogen-bond donors (Lipinski definition) is 0. The van der Waals surface area contributed by atoms with Crippen LogP contribution in [0.3, 0.4) is 0 Å². The second-order valence-electron chi connectivity index (χ2n) is 10.1. The van der Waals surface area contributed by atoms with E-state index in [2.05, 4.69) is 42.3 Å². The maximum absolute atomic E-state index is 5.93. The largest absolute Gasteiger partial charge is 0.381 e. The molecule has 2 rings (SSSR count). The molecular formula is C30H54N4O. The van der Waals surface area contributed by atoms with Crippen LogP contribution in [0.1, 0.15) is 141 Å². The molecule has 0 fully saturated rings. The molecule has 2 heterocycles. The van der Waals surface area contributed by atoms with Crippen molar-refractivity contribution < 1.29 is 4.74 Å². The van der Waals surface area contributed by atoms with Crippen LogP contribution in [-0.4, -0.2) is 32.3 Å². The van der Waals surface area contributed by atoms with E-state index in [0.29, 0.717) is 13.2 Å². The molecule has 5 nitrogen and oxygen atoms in total. The van der Waals surface area contributed by atoms with Crippen molar-refractivity contribution in [2.75, 3.05) is 13.2 Å². The summed E-state index contributed by atoms with van der Waals surface area (Å²) >= 11 is 0. The van der Waals surface area contributed by atoms with Crippen molar-refractivity contribution in [1.82, 2.24) is 19.1 Å². The Morgan fingerprint density at radius 3 is 1.40 bits per heavy atom. The van der Waals surface area contributed by atoms with E-state index in [4.69, 9.17) is 14.7 Å². The fourth-order valence-corrected chi connectivity index (χ4v) is 4.97. The molecule has 2 aromatic heterocycles. The van der Waals surface area contributed by atoms with E-state index in [1.54, 1.807) is 0 Å². The first-order valence-electron chi connectivity index (χ1n) is 14.9. The van der Waals surface area contributed by atoms with Crippen LogP contribution >= 0.6 is 0 Å². The highest BCUT2D eigenvalue weighted by molar-refractivity contribution is 5.15. The summed E-state index contributed by atoms with van der Waals surface area (Å²) in [5.74, 6) is 2.29. The van der Waals surface area contributed by atoms with Crippen LogP contribution in [0.15, 0.2) is 24.8 Å². The molecule has 0 amide bonds. The van der Waals surface area contributed by atoms with Crippen molar-refractivity contribution in [3.8, 4) is 0 Å². The number of imidazole rings is 2. The van der Waals surface area contributed by atoms with E-state index in [0.717, 1.165) is 24.7 Å². The Morgan fingerprint density at radius 1 is 0.600 bits per heavy atom. The maximum atomic E-state index is 5.93. The standard InChI is InChI=1S/C30H54N4O/c1-4-7-9-11-13-15-17-19-23-33-25-21-31-29(33)28(27-35-6-3)30-32-22-26-34(30)24-20-18-16-14-12-10-8-5-2/h21-22,25-26,28H,4-20,23-24,27H2,1-3H3. The zero-order valence-electron chi connectivity index (χ0n) is 23.2. The van der Waals surface area contributed by atoms with E-state index in [1.807, 2.05) is 12.4 Å². The third-order valence-electron chi connectivity index (χ3n) is 7.11. The summed E-state index contributed by atoms with van der Waals surface area (Å²) in [6.45, 7) is 10.1. The lowest BCUT2D eigenvalue weighted by atomic mass is 10.1. The van der Waals surface area contributed by atoms with Crippen LogP contribution in [0.4, 0.5) is 0 Å². The van der Waals surface area contributed by atoms with E-state index in [1.165, 1.54) is 103 Å². The minimum Gasteiger partial charge on any atom is -0.381 e. The normalized spacial score (nSPS) is 11.7. The molecule has 0 saturated carbocycles. The molecule has 0 bridgehead atoms. The number of nitrogens with zero attached hydrogens (tertiary/aromatic N) is 4. The zero-order chi connectivity index (χ0) is 25.0. The van der Waals surface area contributed by atoms with Gasteiger partial charge in [-0.2, -0.15) is 0 Å². The van der Waals surface area contributed by atoms with Gasteiger partial charge in [0.25, 0.3) is 0 Å². The van der Waals surface area contributed by atoms with E-state index < -0.39 is 0 Å². The van der Waals surface area contributed by atoms with Crippen molar-refractivity contribution in [2.45, 2.75) is 143 Å². The van der Waals surface area contributed by atoms with Crippen molar-refractivity contribution in [3.05, 3.63) is 36.4 Å². The molecule has 0 aromatic carbocycles. The van der Waals surface area contributed by atoms with Crippen molar-refractivity contribution >= 4 is 0 Å². The second kappa shape index (κ2) is 19.6. The monoisotopic (exact) mass is 486 g/mol. The highest BCUT2D eigenvalue weighted by Crippen LogP contribution is 2.24. The number of aryl methyl sites for hydroxylation is 2. The Kier molecular flexibility index (Phi) is 16.5. The van der Waals surface area contributed by atoms with Gasteiger partial charge in [0.2, 0.25) is 0 Å². The lowest BCUT2D eigenvalue weighted by Crippen LogP contribution is -2.20. The topological polar surface area (TPSA) is 44.9 Å². The SMILES string of the molecule is CCCCCCCCCCn1ccnc1C(COCC)c1nccn1CCCCCCCCCC. The Hall–Kier alpha value is -1.62. The molecule has 35 heavy (non-hydrogen) atoms. The van der Waals surface area contributed by atoms with E-state index in [-0.39, 0.29) is 5.92 Å². The predicted octanol–water partition coefficient (Wildman–Crippen LogP) is 8.53. The van der Waals surface area contributed by atoms with Gasteiger partial charge in [0, 0.05) is 44.5 Å². The Bertz CT molecular complexity index is 680. The molecule has 0 atom stereocenters. The number of hydrogen-bond acceptors (Lipinski definition) is 3. The molecule has 0 aliphatic carbocycles. The van der Waals surface area contributed by atoms with Gasteiger partial charge in [-0.1, -0.05) is 104 Å². The molecule has 2 aromatic rings. The Balaban J connectivity index is 1.86. The Labute approximate surface area is 216 Å². The molecule has 0 aliphatic heterocycles. The molecule has 5 heteroatoms. The molecule has 0 saturated heterocycles. The number of unbranched alkanes of at least 4 members (excludes halogenated alkanes) is 14. The number of rotatable bonds is 23. The summed E-state index contributed by atoms with van der Waals surface area (Å²) in [5, 5.41) is 0. The lowest BCUT2D eigenvalue weighted by molar-refractivity contribution is 0.135. The molecule has 0 N–H and O–H groups in total. The average molecular weight is 487 g/mol. The van der Waals surface area contributed by atoms with Crippen LogP contribution in [0.5, 0.6) is 0 Å². The fraction of sp³-hybridized carbons (Fsp3) is 0.800. The zero-order valence-corrected chi connectivity index (χ0v) is 23.2. The summed E-state index contributed by atoms with van der Waals surface area (Å²) in [4.78, 5) is 9.58. The molecule has 0 unspecified atom stereocenters. The molecule has 0 radical (unpaired) electrons. The first kappa shape index (κ1) is 29.6. The summed E-state index contributed by atoms with van der Waals surface area (Å²) in [7, 11) is 0. The number of aromatic nitrogens is 4. The smallest absolute Gasteiger partial charge is 0.121 e. The van der Waals surface area contributed by atoms with Gasteiger partial charge >= 0.3 is 0 Å². The highest BCUT2D eigenvalue weighted by Gasteiger charge is 2.24. The first-order valence-corrected chi connectivity index (χ1v) is 14.9. The van der Waals surface area contributed by atoms with Gasteiger partial charge in [-0.3, -0.25) is 0 Å². The molecular weight excluding hydrogens is 432 g/mol. The summed E-state index contributed by atoms with van der Waals surface area (Å²) in [6.07, 6.45) is 29.6. The van der Waals surface area contributed by atoms with Crippen molar-refractivity contribution in [3.63, 3.8) is 0 Å². The van der Waals surface area contributed by atoms with Gasteiger partial charge in [0.15, 0.2) is 0 Å². The highest BCUT2D eigenvalue weighted by atomic mass is 16.5. The van der Waals surface area contributed by atoms with Gasteiger partial charge in [-0.15, -0.1) is 0 Å². The molecule has 0 spiro atoms. The van der Waals surface area contributed by atoms with Gasteiger partial charge < -0.3 is 13.9 Å². The van der Waals surface area contributed by atoms with Crippen molar-refractivity contribution in [2.24, 2.45) is 0 Å². The predicted molar refractivity (Wildman–Crippen MR) is 148 cm³/mol. The lowest BCUT2D eigenvalue weighted by Gasteiger charge is -2.19. The average Bonchev–Trinajstić information content (AvgIpc) is 3.53. The van der Waals surface area contributed by atoms with Crippen molar-refractivity contribution in [1.29, 1.82) is 0 Å². The summed E-state index contributed by atoms with van der Waals surface area (Å²) in [5.41, 5.74) is 0. The van der Waals surface area contributed by atoms with Gasteiger partial charge in [0.05, 0.1) is 12.5 Å². The minimum atomic E-state index is 0.0861. The third kappa shape index (κ3) is 11.8. The van der Waals surface area contributed by atoms with Crippen LogP contribution in [0, 0.1) is 0 Å². The first-order chi connectivity index (χ1) is 17.3. The van der Waals surface area contributed by atoms with E-state index >= 15 is 0 Å². The van der Waals surface area contributed by atoms with Gasteiger partial charge in [0.1, 0.15) is 11.6 Å². The summed E-state index contributed by atoms with van der Waals surface area (Å²) in [6, 6.07) is 0. The maximum Gasteiger partial charge on any atom is 0.121 e. The van der Waals surface area contributed by atoms with Gasteiger partial charge in [-0.05, 0) is 19.8 Å². The number of ether oxygens (including phenoxy) is 1. The fourth-order valence-electron chi connectivity index (χ4n) is 4.97. The van der Waals surface area contributed by atoms with Crippen LogP contribution in [0.2, 0.25) is 0 Å². The van der Waals surface area contributed by atoms with Crippen LogP contribution < -0.4 is 0 Å². The minimum absolute atomic E-state index is 0.0861. The molecule has 0 aliphatic rings. The molecule has 200 valence electrons.